The van der Waals surface area contributed by atoms with Crippen molar-refractivity contribution >= 4 is 0 Å². The summed E-state index contributed by atoms with van der Waals surface area (Å²) < 4.78 is 1.78. The Bertz CT molecular complexity index is 500. The van der Waals surface area contributed by atoms with Gasteiger partial charge in [-0.25, -0.2) is 0 Å². The molecule has 0 radical (unpaired) electrons. The molecule has 1 aromatic heterocycles. The van der Waals surface area contributed by atoms with Gasteiger partial charge in [-0.3, -0.25) is 4.68 Å². The number of nitrogens with two attached hydrogens (primary N) is 1. The molecule has 0 saturated heterocycles. The van der Waals surface area contributed by atoms with Crippen LogP contribution in [0.2, 0.25) is 0 Å². The molecule has 84 valence electrons. The molecule has 1 unspecified atom stereocenters. The molecular weight excluding hydrogens is 198 g/mol. The number of hydrogen-bond donors (Lipinski definition) is 1. The lowest BCUT2D eigenvalue weighted by Gasteiger charge is -2.13. The molecule has 2 rings (SSSR count). The third-order valence-corrected chi connectivity index (χ3v) is 2.84. The van der Waals surface area contributed by atoms with Gasteiger partial charge in [-0.2, -0.15) is 5.10 Å². The molecule has 2 aromatic rings. The predicted molar refractivity (Wildman–Crippen MR) is 65.2 cm³/mol. The monoisotopic (exact) mass is 215 g/mol. The smallest absolute Gasteiger partial charge is 0.0585 e. The van der Waals surface area contributed by atoms with Gasteiger partial charge in [0.1, 0.15) is 0 Å². The van der Waals surface area contributed by atoms with E-state index in [-0.39, 0.29) is 6.04 Å². The van der Waals surface area contributed by atoms with Crippen LogP contribution in [-0.2, 0) is 7.05 Å². The molecule has 0 saturated carbocycles. The molecule has 1 aromatic carbocycles. The fourth-order valence-corrected chi connectivity index (χ4v) is 1.95. The second-order valence-corrected chi connectivity index (χ2v) is 4.29. The van der Waals surface area contributed by atoms with Crippen molar-refractivity contribution in [1.82, 2.24) is 9.78 Å². The highest BCUT2D eigenvalue weighted by Gasteiger charge is 2.12. The van der Waals surface area contributed by atoms with Crippen LogP contribution in [0, 0.1) is 13.8 Å². The molecule has 1 heterocycles. The zero-order chi connectivity index (χ0) is 11.7. The first-order valence-corrected chi connectivity index (χ1v) is 5.39. The minimum atomic E-state index is -0.0886. The average Bonchev–Trinajstić information content (AvgIpc) is 2.64. The molecule has 0 amide bonds. The first-order valence-electron chi connectivity index (χ1n) is 5.39. The molecule has 0 fully saturated rings. The summed E-state index contributed by atoms with van der Waals surface area (Å²) >= 11 is 0. The van der Waals surface area contributed by atoms with Crippen molar-refractivity contribution in [3.63, 3.8) is 0 Å². The highest BCUT2D eigenvalue weighted by molar-refractivity contribution is 5.37. The van der Waals surface area contributed by atoms with Gasteiger partial charge < -0.3 is 5.73 Å². The molecule has 0 aliphatic heterocycles. The molecule has 0 bridgehead atoms. The number of benzene rings is 1. The van der Waals surface area contributed by atoms with E-state index in [2.05, 4.69) is 37.1 Å². The van der Waals surface area contributed by atoms with E-state index >= 15 is 0 Å². The second kappa shape index (κ2) is 4.10. The SMILES string of the molecule is Cc1ccc(C(N)c2cnn(C)c2)c(C)c1. The van der Waals surface area contributed by atoms with E-state index < -0.39 is 0 Å². The predicted octanol–water partition coefficient (Wildman–Crippen LogP) is 2.09. The average molecular weight is 215 g/mol. The lowest BCUT2D eigenvalue weighted by atomic mass is 9.96. The van der Waals surface area contributed by atoms with E-state index in [4.69, 9.17) is 5.73 Å². The fraction of sp³-hybridized carbons (Fsp3) is 0.308. The third-order valence-electron chi connectivity index (χ3n) is 2.84. The van der Waals surface area contributed by atoms with Crippen molar-refractivity contribution in [3.05, 3.63) is 52.8 Å². The molecule has 16 heavy (non-hydrogen) atoms. The van der Waals surface area contributed by atoms with Crippen molar-refractivity contribution in [2.45, 2.75) is 19.9 Å². The van der Waals surface area contributed by atoms with Crippen LogP contribution in [-0.4, -0.2) is 9.78 Å². The summed E-state index contributed by atoms with van der Waals surface area (Å²) in [7, 11) is 1.90. The quantitative estimate of drug-likeness (QED) is 0.833. The summed E-state index contributed by atoms with van der Waals surface area (Å²) in [6.07, 6.45) is 3.79. The zero-order valence-electron chi connectivity index (χ0n) is 9.94. The highest BCUT2D eigenvalue weighted by Crippen LogP contribution is 2.22. The minimum absolute atomic E-state index is 0.0886. The third kappa shape index (κ3) is 1.99. The van der Waals surface area contributed by atoms with Gasteiger partial charge >= 0.3 is 0 Å². The Hall–Kier alpha value is -1.61. The summed E-state index contributed by atoms with van der Waals surface area (Å²) in [6.45, 7) is 4.19. The summed E-state index contributed by atoms with van der Waals surface area (Å²) in [5.74, 6) is 0. The van der Waals surface area contributed by atoms with Crippen LogP contribution in [0.25, 0.3) is 0 Å². The van der Waals surface area contributed by atoms with Crippen LogP contribution >= 0.6 is 0 Å². The van der Waals surface area contributed by atoms with Gasteiger partial charge in [0.05, 0.1) is 12.2 Å². The number of hydrogen-bond acceptors (Lipinski definition) is 2. The Labute approximate surface area is 95.9 Å². The first-order chi connectivity index (χ1) is 7.58. The van der Waals surface area contributed by atoms with Crippen molar-refractivity contribution < 1.29 is 0 Å². The number of nitrogens with zero attached hydrogens (tertiary/aromatic N) is 2. The molecular formula is C13H17N3. The highest BCUT2D eigenvalue weighted by atomic mass is 15.2. The van der Waals surface area contributed by atoms with Crippen LogP contribution in [0.5, 0.6) is 0 Å². The van der Waals surface area contributed by atoms with Gasteiger partial charge in [-0.05, 0) is 25.0 Å². The van der Waals surface area contributed by atoms with Crippen molar-refractivity contribution in [1.29, 1.82) is 0 Å². The Morgan fingerprint density at radius 2 is 2.06 bits per heavy atom. The van der Waals surface area contributed by atoms with Crippen LogP contribution in [0.15, 0.2) is 30.6 Å². The fourth-order valence-electron chi connectivity index (χ4n) is 1.95. The number of aryl methyl sites for hydroxylation is 3. The lowest BCUT2D eigenvalue weighted by Crippen LogP contribution is -2.12. The van der Waals surface area contributed by atoms with Gasteiger partial charge in [0.15, 0.2) is 0 Å². The van der Waals surface area contributed by atoms with Crippen LogP contribution in [0.3, 0.4) is 0 Å². The van der Waals surface area contributed by atoms with Gasteiger partial charge in [0.2, 0.25) is 0 Å². The molecule has 0 spiro atoms. The Balaban J connectivity index is 2.37. The van der Waals surface area contributed by atoms with Crippen molar-refractivity contribution in [2.75, 3.05) is 0 Å². The Kier molecular flexibility index (Phi) is 2.79. The van der Waals surface area contributed by atoms with Crippen molar-refractivity contribution in [3.8, 4) is 0 Å². The van der Waals surface area contributed by atoms with Crippen molar-refractivity contribution in [2.24, 2.45) is 12.8 Å². The maximum Gasteiger partial charge on any atom is 0.0585 e. The molecule has 0 aliphatic carbocycles. The van der Waals surface area contributed by atoms with E-state index in [1.807, 2.05) is 19.4 Å². The van der Waals surface area contributed by atoms with E-state index in [1.54, 1.807) is 4.68 Å². The summed E-state index contributed by atoms with van der Waals surface area (Å²) in [5.41, 5.74) is 10.9. The Morgan fingerprint density at radius 1 is 1.31 bits per heavy atom. The molecule has 1 atom stereocenters. The van der Waals surface area contributed by atoms with E-state index in [9.17, 15) is 0 Å². The molecule has 2 N–H and O–H groups in total. The zero-order valence-corrected chi connectivity index (χ0v) is 9.94. The van der Waals surface area contributed by atoms with Gasteiger partial charge in [-0.15, -0.1) is 0 Å². The first kappa shape index (κ1) is 10.9. The maximum absolute atomic E-state index is 6.23. The van der Waals surface area contributed by atoms with Gasteiger partial charge in [-0.1, -0.05) is 23.8 Å². The Morgan fingerprint density at radius 3 is 2.62 bits per heavy atom. The van der Waals surface area contributed by atoms with E-state index in [1.165, 1.54) is 16.7 Å². The summed E-state index contributed by atoms with van der Waals surface area (Å²) in [6, 6.07) is 6.27. The summed E-state index contributed by atoms with van der Waals surface area (Å²) in [4.78, 5) is 0. The standard InChI is InChI=1S/C13H17N3/c1-9-4-5-12(10(2)6-9)13(14)11-7-15-16(3)8-11/h4-8,13H,14H2,1-3H3. The summed E-state index contributed by atoms with van der Waals surface area (Å²) in [5, 5.41) is 4.15. The van der Waals surface area contributed by atoms with Gasteiger partial charge in [0.25, 0.3) is 0 Å². The van der Waals surface area contributed by atoms with Gasteiger partial charge in [0, 0.05) is 18.8 Å². The molecule has 0 aliphatic rings. The lowest BCUT2D eigenvalue weighted by molar-refractivity contribution is 0.764. The maximum atomic E-state index is 6.23. The second-order valence-electron chi connectivity index (χ2n) is 4.29. The number of rotatable bonds is 2. The molecule has 3 heteroatoms. The topological polar surface area (TPSA) is 43.8 Å². The normalized spacial score (nSPS) is 12.8. The van der Waals surface area contributed by atoms with Crippen LogP contribution in [0.1, 0.15) is 28.3 Å². The molecule has 3 nitrogen and oxygen atoms in total. The van der Waals surface area contributed by atoms with Crippen LogP contribution in [0.4, 0.5) is 0 Å². The van der Waals surface area contributed by atoms with Crippen LogP contribution < -0.4 is 5.73 Å². The number of aromatic nitrogens is 2. The minimum Gasteiger partial charge on any atom is -0.320 e. The van der Waals surface area contributed by atoms with E-state index in [0.717, 1.165) is 5.56 Å². The largest absolute Gasteiger partial charge is 0.320 e. The van der Waals surface area contributed by atoms with E-state index in [0.29, 0.717) is 0 Å².